The van der Waals surface area contributed by atoms with Crippen LogP contribution in [0.3, 0.4) is 0 Å². The number of hydrogen-bond donors (Lipinski definition) is 1. The van der Waals surface area contributed by atoms with Crippen LogP contribution in [0.15, 0.2) is 18.2 Å². The smallest absolute Gasteiger partial charge is 0.414 e. The molecule has 0 unspecified atom stereocenters. The number of nitrogens with one attached hydrogen (secondary N) is 1. The van der Waals surface area contributed by atoms with Gasteiger partial charge in [0.15, 0.2) is 0 Å². The van der Waals surface area contributed by atoms with E-state index in [0.717, 1.165) is 26.2 Å². The minimum atomic E-state index is -0.527. The molecule has 9 heteroatoms. The average Bonchev–Trinajstić information content (AvgIpc) is 3.46. The molecule has 2 amide bonds. The van der Waals surface area contributed by atoms with E-state index < -0.39 is 12.2 Å². The molecule has 2 saturated heterocycles. The van der Waals surface area contributed by atoms with Gasteiger partial charge in [-0.25, -0.2) is 19.2 Å². The third kappa shape index (κ3) is 3.90. The summed E-state index contributed by atoms with van der Waals surface area (Å²) in [4.78, 5) is 25.9. The van der Waals surface area contributed by atoms with Crippen molar-refractivity contribution < 1.29 is 18.7 Å². The molecule has 1 atom stereocenters. The van der Waals surface area contributed by atoms with Crippen molar-refractivity contribution in [3.05, 3.63) is 24.0 Å². The van der Waals surface area contributed by atoms with E-state index in [4.69, 9.17) is 4.74 Å². The zero-order valence-corrected chi connectivity index (χ0v) is 16.0. The van der Waals surface area contributed by atoms with E-state index >= 15 is 0 Å². The molecule has 2 heterocycles. The summed E-state index contributed by atoms with van der Waals surface area (Å²) in [5.41, 5.74) is 1.02. The van der Waals surface area contributed by atoms with Crippen molar-refractivity contribution in [2.75, 3.05) is 56.1 Å². The summed E-state index contributed by atoms with van der Waals surface area (Å²) in [6.07, 6.45) is 2.08. The predicted octanol–water partition coefficient (Wildman–Crippen LogP) is 1.03. The zero-order chi connectivity index (χ0) is 19.7. The zero-order valence-electron chi connectivity index (χ0n) is 16.0. The molecular formula is C19H26FN5O3. The third-order valence-corrected chi connectivity index (χ3v) is 5.59. The van der Waals surface area contributed by atoms with Gasteiger partial charge < -0.3 is 15.0 Å². The first-order valence-corrected chi connectivity index (χ1v) is 9.74. The molecule has 1 aliphatic carbocycles. The fraction of sp³-hybridized carbons (Fsp3) is 0.579. The lowest BCUT2D eigenvalue weighted by Gasteiger charge is -2.29. The lowest BCUT2D eigenvalue weighted by Crippen LogP contribution is -2.42. The fourth-order valence-corrected chi connectivity index (χ4v) is 3.91. The van der Waals surface area contributed by atoms with Gasteiger partial charge in [0.25, 0.3) is 0 Å². The predicted molar refractivity (Wildman–Crippen MR) is 103 cm³/mol. The monoisotopic (exact) mass is 391 g/mol. The molecule has 1 saturated carbocycles. The lowest BCUT2D eigenvalue weighted by atomic mass is 10.2. The highest BCUT2D eigenvalue weighted by molar-refractivity contribution is 5.90. The summed E-state index contributed by atoms with van der Waals surface area (Å²) in [5, 5.41) is 7.14. The van der Waals surface area contributed by atoms with Crippen molar-refractivity contribution in [1.29, 1.82) is 0 Å². The molecular weight excluding hydrogens is 365 g/mol. The molecule has 1 aromatic carbocycles. The molecule has 4 rings (SSSR count). The first-order chi connectivity index (χ1) is 13.6. The highest BCUT2D eigenvalue weighted by Crippen LogP contribution is 2.31. The summed E-state index contributed by atoms with van der Waals surface area (Å²) in [5.74, 6) is -0.345. The minimum absolute atomic E-state index is 0.241. The summed E-state index contributed by atoms with van der Waals surface area (Å²) >= 11 is 0. The summed E-state index contributed by atoms with van der Waals surface area (Å²) in [6.45, 7) is 3.77. The van der Waals surface area contributed by atoms with Crippen LogP contribution in [0.2, 0.25) is 0 Å². The van der Waals surface area contributed by atoms with Gasteiger partial charge in [-0.2, -0.15) is 0 Å². The Labute approximate surface area is 163 Å². The molecule has 1 N–H and O–H groups in total. The highest BCUT2D eigenvalue weighted by Gasteiger charge is 2.34. The molecule has 0 bridgehead atoms. The normalized spacial score (nSPS) is 24.2. The largest absolute Gasteiger partial charge is 0.442 e. The topological polar surface area (TPSA) is 68.4 Å². The van der Waals surface area contributed by atoms with Gasteiger partial charge in [0.2, 0.25) is 6.41 Å². The van der Waals surface area contributed by atoms with Gasteiger partial charge in [0, 0.05) is 39.3 Å². The highest BCUT2D eigenvalue weighted by atomic mass is 19.1. The Balaban J connectivity index is 1.44. The van der Waals surface area contributed by atoms with Crippen molar-refractivity contribution in [1.82, 2.24) is 15.3 Å². The van der Waals surface area contributed by atoms with E-state index in [-0.39, 0.29) is 18.9 Å². The number of hydrogen-bond acceptors (Lipinski definition) is 6. The molecule has 28 heavy (non-hydrogen) atoms. The Morgan fingerprint density at radius 3 is 2.75 bits per heavy atom. The second-order valence-electron chi connectivity index (χ2n) is 7.54. The Morgan fingerprint density at radius 1 is 1.25 bits per heavy atom. The van der Waals surface area contributed by atoms with Crippen LogP contribution in [0.5, 0.6) is 0 Å². The van der Waals surface area contributed by atoms with Crippen molar-refractivity contribution >= 4 is 23.9 Å². The first kappa shape index (κ1) is 18.9. The molecule has 0 spiro atoms. The van der Waals surface area contributed by atoms with Gasteiger partial charge >= 0.3 is 6.09 Å². The van der Waals surface area contributed by atoms with Gasteiger partial charge in [-0.15, -0.1) is 0 Å². The Morgan fingerprint density at radius 2 is 2.04 bits per heavy atom. The van der Waals surface area contributed by atoms with Gasteiger partial charge in [0.05, 0.1) is 24.5 Å². The Bertz CT molecular complexity index is 744. The lowest BCUT2D eigenvalue weighted by molar-refractivity contribution is -0.109. The SMILES string of the molecule is CN1CCN(c2ccc(N3C[C@H](CNC=O)OC3=O)cc2F)CCN1C1CC1. The first-order valence-electron chi connectivity index (χ1n) is 9.74. The van der Waals surface area contributed by atoms with Crippen LogP contribution in [0.4, 0.5) is 20.6 Å². The van der Waals surface area contributed by atoms with Crippen LogP contribution in [0, 0.1) is 5.82 Å². The molecule has 0 aromatic heterocycles. The molecule has 1 aromatic rings. The van der Waals surface area contributed by atoms with E-state index in [2.05, 4.69) is 27.3 Å². The Kier molecular flexibility index (Phi) is 5.36. The second kappa shape index (κ2) is 7.92. The van der Waals surface area contributed by atoms with E-state index in [1.165, 1.54) is 23.8 Å². The van der Waals surface area contributed by atoms with E-state index in [1.54, 1.807) is 12.1 Å². The number of carbonyl (C=O) groups excluding carboxylic acids is 2. The van der Waals surface area contributed by atoms with E-state index in [1.807, 2.05) is 0 Å². The van der Waals surface area contributed by atoms with Gasteiger partial charge in [-0.3, -0.25) is 9.69 Å². The van der Waals surface area contributed by atoms with Crippen molar-refractivity contribution in [2.24, 2.45) is 0 Å². The number of ether oxygens (including phenoxy) is 1. The van der Waals surface area contributed by atoms with Crippen LogP contribution < -0.4 is 15.1 Å². The van der Waals surface area contributed by atoms with Gasteiger partial charge in [-0.1, -0.05) is 0 Å². The van der Waals surface area contributed by atoms with Crippen LogP contribution in [-0.4, -0.2) is 81.0 Å². The third-order valence-electron chi connectivity index (χ3n) is 5.59. The Hall–Kier alpha value is -2.39. The van der Waals surface area contributed by atoms with Crippen LogP contribution >= 0.6 is 0 Å². The number of benzene rings is 1. The molecule has 2 aliphatic heterocycles. The van der Waals surface area contributed by atoms with E-state index in [0.29, 0.717) is 23.8 Å². The molecule has 3 fully saturated rings. The number of carbonyl (C=O) groups is 2. The van der Waals surface area contributed by atoms with E-state index in [9.17, 15) is 14.0 Å². The average molecular weight is 391 g/mol. The summed E-state index contributed by atoms with van der Waals surface area (Å²) < 4.78 is 20.1. The van der Waals surface area contributed by atoms with Crippen LogP contribution in [-0.2, 0) is 9.53 Å². The number of nitrogens with zero attached hydrogens (tertiary/aromatic N) is 4. The molecule has 8 nitrogen and oxygen atoms in total. The fourth-order valence-electron chi connectivity index (χ4n) is 3.91. The summed E-state index contributed by atoms with van der Waals surface area (Å²) in [7, 11) is 2.09. The van der Waals surface area contributed by atoms with Gasteiger partial charge in [-0.05, 0) is 31.0 Å². The minimum Gasteiger partial charge on any atom is -0.442 e. The number of hydrazine groups is 1. The molecule has 152 valence electrons. The van der Waals surface area contributed by atoms with Crippen LogP contribution in [0.1, 0.15) is 12.8 Å². The standard InChI is InChI=1S/C19H26FN5O3/c1-22-6-7-23(8-9-25(22)14-2-3-14)18-5-4-15(10-17(18)20)24-12-16(11-21-13-26)28-19(24)27/h4-5,10,13-14,16H,2-3,6-9,11-12H2,1H3,(H,21,26)/t16-/m0/s1. The number of likely N-dealkylation sites (N-methyl/N-ethyl adjacent to an activating group) is 1. The number of anilines is 2. The van der Waals surface area contributed by atoms with Gasteiger partial charge in [0.1, 0.15) is 11.9 Å². The number of halogens is 1. The van der Waals surface area contributed by atoms with Crippen molar-refractivity contribution in [2.45, 2.75) is 25.0 Å². The number of rotatable bonds is 6. The number of cyclic esters (lactones) is 1. The quantitative estimate of drug-likeness (QED) is 0.731. The van der Waals surface area contributed by atoms with Crippen LogP contribution in [0.25, 0.3) is 0 Å². The summed E-state index contributed by atoms with van der Waals surface area (Å²) in [6, 6.07) is 5.52. The second-order valence-corrected chi connectivity index (χ2v) is 7.54. The maximum atomic E-state index is 14.9. The maximum Gasteiger partial charge on any atom is 0.414 e. The molecule has 3 aliphatic rings. The van der Waals surface area contributed by atoms with Crippen molar-refractivity contribution in [3.63, 3.8) is 0 Å². The number of amides is 2. The van der Waals surface area contributed by atoms with Crippen molar-refractivity contribution in [3.8, 4) is 0 Å². The maximum absolute atomic E-state index is 14.9. The molecule has 0 radical (unpaired) electrons.